The number of rotatable bonds is 5. The lowest BCUT2D eigenvalue weighted by atomic mass is 10.1. The van der Waals surface area contributed by atoms with Crippen LogP contribution in [0.15, 0.2) is 54.7 Å². The maximum Gasteiger partial charge on any atom is 0.247 e. The van der Waals surface area contributed by atoms with Crippen molar-refractivity contribution in [3.8, 4) is 0 Å². The molecule has 1 aromatic heterocycles. The molecule has 0 spiro atoms. The van der Waals surface area contributed by atoms with E-state index in [4.69, 9.17) is 0 Å². The molecule has 1 fully saturated rings. The summed E-state index contributed by atoms with van der Waals surface area (Å²) in [7, 11) is 0. The van der Waals surface area contributed by atoms with Gasteiger partial charge in [0, 0.05) is 50.1 Å². The van der Waals surface area contributed by atoms with Gasteiger partial charge in [0.2, 0.25) is 11.8 Å². The van der Waals surface area contributed by atoms with Crippen LogP contribution in [-0.2, 0) is 4.79 Å². The minimum absolute atomic E-state index is 0.0643. The van der Waals surface area contributed by atoms with Gasteiger partial charge in [-0.2, -0.15) is 5.10 Å². The number of piperazine rings is 1. The molecule has 1 aliphatic rings. The van der Waals surface area contributed by atoms with E-state index in [0.29, 0.717) is 19.3 Å². The number of benzene rings is 2. The molecule has 0 saturated carbocycles. The van der Waals surface area contributed by atoms with Crippen LogP contribution in [0.1, 0.15) is 29.6 Å². The quantitative estimate of drug-likeness (QED) is 0.669. The van der Waals surface area contributed by atoms with E-state index in [1.807, 2.05) is 48.2 Å². The molecule has 6 heteroatoms. The molecule has 0 aliphatic carbocycles. The lowest BCUT2D eigenvalue weighted by Gasteiger charge is -2.36. The molecule has 150 valence electrons. The topological polar surface area (TPSA) is 58.4 Å². The number of carbonyl (C=O) groups excluding carboxylic acids is 2. The van der Waals surface area contributed by atoms with E-state index in [0.717, 1.165) is 42.6 Å². The van der Waals surface area contributed by atoms with Crippen molar-refractivity contribution in [2.75, 3.05) is 31.1 Å². The SMILES string of the molecule is Cc1ccc2c(cnn2C(=O)CCCC(=O)N2CCN(c3ccccc3)CC2)c1. The van der Waals surface area contributed by atoms with Crippen molar-refractivity contribution in [2.45, 2.75) is 26.2 Å². The summed E-state index contributed by atoms with van der Waals surface area (Å²) in [4.78, 5) is 29.3. The monoisotopic (exact) mass is 390 g/mol. The van der Waals surface area contributed by atoms with Crippen LogP contribution < -0.4 is 4.90 Å². The molecule has 3 aromatic rings. The van der Waals surface area contributed by atoms with Gasteiger partial charge < -0.3 is 9.80 Å². The number of aryl methyl sites for hydroxylation is 1. The Hall–Kier alpha value is -3.15. The molecule has 1 aliphatic heterocycles. The molecule has 1 saturated heterocycles. The lowest BCUT2D eigenvalue weighted by molar-refractivity contribution is -0.131. The highest BCUT2D eigenvalue weighted by atomic mass is 16.2. The first-order valence-corrected chi connectivity index (χ1v) is 10.2. The highest BCUT2D eigenvalue weighted by molar-refractivity contribution is 5.91. The standard InChI is InChI=1S/C23H26N4O2/c1-18-10-11-21-19(16-18)17-24-27(21)23(29)9-5-8-22(28)26-14-12-25(13-15-26)20-6-3-2-4-7-20/h2-4,6-7,10-11,16-17H,5,8-9,12-15H2,1H3. The second kappa shape index (κ2) is 8.47. The summed E-state index contributed by atoms with van der Waals surface area (Å²) in [5, 5.41) is 5.19. The van der Waals surface area contributed by atoms with E-state index in [1.54, 1.807) is 6.20 Å². The Kier molecular flexibility index (Phi) is 5.60. The fourth-order valence-electron chi connectivity index (χ4n) is 3.86. The van der Waals surface area contributed by atoms with E-state index in [-0.39, 0.29) is 11.8 Å². The van der Waals surface area contributed by atoms with Crippen LogP contribution in [0, 0.1) is 6.92 Å². The summed E-state index contributed by atoms with van der Waals surface area (Å²) in [5.41, 5.74) is 3.17. The van der Waals surface area contributed by atoms with Gasteiger partial charge in [0.25, 0.3) is 0 Å². The Bertz CT molecular complexity index is 1000. The molecule has 2 aromatic carbocycles. The molecular formula is C23H26N4O2. The Labute approximate surface area is 170 Å². The molecule has 6 nitrogen and oxygen atoms in total. The van der Waals surface area contributed by atoms with E-state index in [2.05, 4.69) is 22.1 Å². The molecule has 0 atom stereocenters. The lowest BCUT2D eigenvalue weighted by Crippen LogP contribution is -2.48. The molecule has 0 N–H and O–H groups in total. The van der Waals surface area contributed by atoms with Gasteiger partial charge >= 0.3 is 0 Å². The minimum atomic E-state index is -0.0643. The van der Waals surface area contributed by atoms with Gasteiger partial charge in [0.1, 0.15) is 0 Å². The number of para-hydroxylation sites is 1. The number of amides is 1. The van der Waals surface area contributed by atoms with Crippen molar-refractivity contribution in [2.24, 2.45) is 0 Å². The van der Waals surface area contributed by atoms with Gasteiger partial charge in [-0.1, -0.05) is 29.8 Å². The van der Waals surface area contributed by atoms with Gasteiger partial charge in [-0.05, 0) is 37.6 Å². The third-order valence-electron chi connectivity index (χ3n) is 5.49. The zero-order valence-electron chi connectivity index (χ0n) is 16.8. The fraction of sp³-hybridized carbons (Fsp3) is 0.348. The zero-order valence-corrected chi connectivity index (χ0v) is 16.8. The first-order chi connectivity index (χ1) is 14.1. The summed E-state index contributed by atoms with van der Waals surface area (Å²) in [6.07, 6.45) is 2.98. The van der Waals surface area contributed by atoms with Crippen LogP contribution in [0.2, 0.25) is 0 Å². The minimum Gasteiger partial charge on any atom is -0.368 e. The Morgan fingerprint density at radius 3 is 2.41 bits per heavy atom. The number of carbonyl (C=O) groups is 2. The number of anilines is 1. The molecule has 2 heterocycles. The van der Waals surface area contributed by atoms with Crippen LogP contribution in [-0.4, -0.2) is 52.7 Å². The van der Waals surface area contributed by atoms with Gasteiger partial charge in [-0.3, -0.25) is 9.59 Å². The molecular weight excluding hydrogens is 364 g/mol. The van der Waals surface area contributed by atoms with Crippen molar-refractivity contribution >= 4 is 28.4 Å². The van der Waals surface area contributed by atoms with Crippen molar-refractivity contribution in [3.05, 3.63) is 60.3 Å². The smallest absolute Gasteiger partial charge is 0.247 e. The summed E-state index contributed by atoms with van der Waals surface area (Å²) in [5.74, 6) is 0.0667. The third-order valence-corrected chi connectivity index (χ3v) is 5.49. The average Bonchev–Trinajstić information content (AvgIpc) is 3.17. The third kappa shape index (κ3) is 4.31. The highest BCUT2D eigenvalue weighted by Gasteiger charge is 2.21. The van der Waals surface area contributed by atoms with Gasteiger partial charge in [0.05, 0.1) is 11.7 Å². The average molecular weight is 390 g/mol. The zero-order chi connectivity index (χ0) is 20.2. The first-order valence-electron chi connectivity index (χ1n) is 10.2. The molecule has 0 bridgehead atoms. The van der Waals surface area contributed by atoms with Crippen molar-refractivity contribution in [1.82, 2.24) is 14.7 Å². The summed E-state index contributed by atoms with van der Waals surface area (Å²) >= 11 is 0. The van der Waals surface area contributed by atoms with E-state index < -0.39 is 0 Å². The largest absolute Gasteiger partial charge is 0.368 e. The second-order valence-electron chi connectivity index (χ2n) is 7.57. The van der Waals surface area contributed by atoms with E-state index in [9.17, 15) is 9.59 Å². The second-order valence-corrected chi connectivity index (χ2v) is 7.57. The number of fused-ring (bicyclic) bond motifs is 1. The van der Waals surface area contributed by atoms with Crippen LogP contribution in [0.25, 0.3) is 10.9 Å². The number of hydrogen-bond donors (Lipinski definition) is 0. The fourth-order valence-corrected chi connectivity index (χ4v) is 3.86. The molecule has 0 radical (unpaired) electrons. The maximum atomic E-state index is 12.5. The van der Waals surface area contributed by atoms with Crippen LogP contribution in [0.4, 0.5) is 5.69 Å². The molecule has 1 amide bonds. The Morgan fingerprint density at radius 1 is 0.931 bits per heavy atom. The highest BCUT2D eigenvalue weighted by Crippen LogP contribution is 2.18. The van der Waals surface area contributed by atoms with Crippen LogP contribution in [0.3, 0.4) is 0 Å². The molecule has 29 heavy (non-hydrogen) atoms. The maximum absolute atomic E-state index is 12.5. The summed E-state index contributed by atoms with van der Waals surface area (Å²) < 4.78 is 1.46. The molecule has 0 unspecified atom stereocenters. The van der Waals surface area contributed by atoms with Crippen molar-refractivity contribution < 1.29 is 9.59 Å². The van der Waals surface area contributed by atoms with Gasteiger partial charge in [0.15, 0.2) is 0 Å². The van der Waals surface area contributed by atoms with Crippen molar-refractivity contribution in [1.29, 1.82) is 0 Å². The Morgan fingerprint density at radius 2 is 1.66 bits per heavy atom. The predicted molar refractivity (Wildman–Crippen MR) is 114 cm³/mol. The Balaban J connectivity index is 1.25. The summed E-state index contributed by atoms with van der Waals surface area (Å²) in [6, 6.07) is 16.2. The van der Waals surface area contributed by atoms with Gasteiger partial charge in [-0.25, -0.2) is 4.68 Å². The first kappa shape index (κ1) is 19.2. The van der Waals surface area contributed by atoms with Crippen LogP contribution >= 0.6 is 0 Å². The van der Waals surface area contributed by atoms with E-state index in [1.165, 1.54) is 10.4 Å². The molecule has 4 rings (SSSR count). The van der Waals surface area contributed by atoms with Gasteiger partial charge in [-0.15, -0.1) is 0 Å². The summed E-state index contributed by atoms with van der Waals surface area (Å²) in [6.45, 7) is 5.15. The normalized spacial score (nSPS) is 14.4. The number of hydrogen-bond acceptors (Lipinski definition) is 4. The predicted octanol–water partition coefficient (Wildman–Crippen LogP) is 3.50. The van der Waals surface area contributed by atoms with Crippen molar-refractivity contribution in [3.63, 3.8) is 0 Å². The van der Waals surface area contributed by atoms with Crippen LogP contribution in [0.5, 0.6) is 0 Å². The number of nitrogens with zero attached hydrogens (tertiary/aromatic N) is 4. The number of aromatic nitrogens is 2. The van der Waals surface area contributed by atoms with E-state index >= 15 is 0 Å².